The van der Waals surface area contributed by atoms with Gasteiger partial charge in [0.15, 0.2) is 0 Å². The summed E-state index contributed by atoms with van der Waals surface area (Å²) in [5.41, 5.74) is 0. The molecule has 1 N–H and O–H groups in total. The zero-order valence-corrected chi connectivity index (χ0v) is 8.23. The second kappa shape index (κ2) is 4.95. The van der Waals surface area contributed by atoms with Gasteiger partial charge in [-0.15, -0.1) is 0 Å². The smallest absolute Gasteiger partial charge is 0.329 e. The van der Waals surface area contributed by atoms with Crippen molar-refractivity contribution in [2.24, 2.45) is 0 Å². The largest absolute Gasteiger partial charge is 0.480 e. The standard InChI is InChI=1S/C9H15NO4/c1-7(14-6-8(11)12)9(13)10-4-2-3-5-10/h7H,2-6H2,1H3,(H,11,12). The van der Waals surface area contributed by atoms with Gasteiger partial charge in [0.05, 0.1) is 0 Å². The fourth-order valence-corrected chi connectivity index (χ4v) is 1.46. The average Bonchev–Trinajstić information content (AvgIpc) is 2.65. The summed E-state index contributed by atoms with van der Waals surface area (Å²) in [6, 6.07) is 0. The van der Waals surface area contributed by atoms with E-state index < -0.39 is 18.7 Å². The van der Waals surface area contributed by atoms with E-state index in [-0.39, 0.29) is 5.91 Å². The van der Waals surface area contributed by atoms with E-state index in [0.29, 0.717) is 0 Å². The van der Waals surface area contributed by atoms with E-state index in [0.717, 1.165) is 25.9 Å². The molecule has 14 heavy (non-hydrogen) atoms. The van der Waals surface area contributed by atoms with Crippen LogP contribution in [0.2, 0.25) is 0 Å². The van der Waals surface area contributed by atoms with Crippen LogP contribution in [0.1, 0.15) is 19.8 Å². The Hall–Kier alpha value is -1.10. The Bertz CT molecular complexity index is 223. The summed E-state index contributed by atoms with van der Waals surface area (Å²) < 4.78 is 4.89. The Morgan fingerprint density at radius 1 is 1.43 bits per heavy atom. The number of carbonyl (C=O) groups is 2. The number of hydrogen-bond donors (Lipinski definition) is 1. The molecule has 0 bridgehead atoms. The van der Waals surface area contributed by atoms with Gasteiger partial charge in [-0.2, -0.15) is 0 Å². The SMILES string of the molecule is CC(OCC(=O)O)C(=O)N1CCCC1. The molecule has 0 spiro atoms. The Balaban J connectivity index is 2.31. The fraction of sp³-hybridized carbons (Fsp3) is 0.778. The molecular formula is C9H15NO4. The number of carbonyl (C=O) groups excluding carboxylic acids is 1. The van der Waals surface area contributed by atoms with Gasteiger partial charge in [0.1, 0.15) is 12.7 Å². The number of ether oxygens (including phenoxy) is 1. The second-order valence-corrected chi connectivity index (χ2v) is 3.38. The highest BCUT2D eigenvalue weighted by atomic mass is 16.5. The van der Waals surface area contributed by atoms with Crippen molar-refractivity contribution in [1.82, 2.24) is 4.90 Å². The highest BCUT2D eigenvalue weighted by Crippen LogP contribution is 2.10. The van der Waals surface area contributed by atoms with Gasteiger partial charge in [-0.1, -0.05) is 0 Å². The van der Waals surface area contributed by atoms with Crippen LogP contribution in [0.25, 0.3) is 0 Å². The van der Waals surface area contributed by atoms with Crippen LogP contribution in [0.4, 0.5) is 0 Å². The van der Waals surface area contributed by atoms with Gasteiger partial charge in [-0.05, 0) is 19.8 Å². The molecular weight excluding hydrogens is 186 g/mol. The van der Waals surface area contributed by atoms with Crippen molar-refractivity contribution in [3.63, 3.8) is 0 Å². The van der Waals surface area contributed by atoms with Crippen LogP contribution in [0.5, 0.6) is 0 Å². The van der Waals surface area contributed by atoms with Crippen LogP contribution in [0.15, 0.2) is 0 Å². The molecule has 1 aliphatic heterocycles. The number of aliphatic carboxylic acids is 1. The fourth-order valence-electron chi connectivity index (χ4n) is 1.46. The summed E-state index contributed by atoms with van der Waals surface area (Å²) in [6.45, 7) is 2.70. The van der Waals surface area contributed by atoms with E-state index in [1.165, 1.54) is 0 Å². The molecule has 1 atom stereocenters. The van der Waals surface area contributed by atoms with Crippen molar-refractivity contribution in [3.05, 3.63) is 0 Å². The van der Waals surface area contributed by atoms with E-state index in [4.69, 9.17) is 9.84 Å². The lowest BCUT2D eigenvalue weighted by Crippen LogP contribution is -2.37. The minimum absolute atomic E-state index is 0.108. The second-order valence-electron chi connectivity index (χ2n) is 3.38. The molecule has 0 radical (unpaired) electrons. The quantitative estimate of drug-likeness (QED) is 0.700. The van der Waals surface area contributed by atoms with Crippen molar-refractivity contribution >= 4 is 11.9 Å². The normalized spacial score (nSPS) is 18.2. The van der Waals surface area contributed by atoms with E-state index >= 15 is 0 Å². The molecule has 1 fully saturated rings. The highest BCUT2D eigenvalue weighted by molar-refractivity contribution is 5.81. The lowest BCUT2D eigenvalue weighted by atomic mass is 10.3. The minimum Gasteiger partial charge on any atom is -0.480 e. The van der Waals surface area contributed by atoms with Gasteiger partial charge >= 0.3 is 5.97 Å². The van der Waals surface area contributed by atoms with Crippen LogP contribution < -0.4 is 0 Å². The maximum atomic E-state index is 11.6. The number of likely N-dealkylation sites (tertiary alicyclic amines) is 1. The number of carboxylic acid groups (broad SMARTS) is 1. The summed E-state index contributed by atoms with van der Waals surface area (Å²) in [7, 11) is 0. The number of rotatable bonds is 4. The molecule has 0 aromatic carbocycles. The Morgan fingerprint density at radius 2 is 2.00 bits per heavy atom. The molecule has 1 unspecified atom stereocenters. The molecule has 0 aromatic rings. The Labute approximate surface area is 82.6 Å². The monoisotopic (exact) mass is 201 g/mol. The predicted octanol–water partition coefficient (Wildman–Crippen LogP) is 0.0985. The summed E-state index contributed by atoms with van der Waals surface area (Å²) >= 11 is 0. The summed E-state index contributed by atoms with van der Waals surface area (Å²) in [4.78, 5) is 23.5. The lowest BCUT2D eigenvalue weighted by molar-refractivity contribution is -0.150. The predicted molar refractivity (Wildman–Crippen MR) is 48.9 cm³/mol. The molecule has 1 aliphatic rings. The first kappa shape index (κ1) is 11.0. The van der Waals surface area contributed by atoms with Crippen molar-refractivity contribution < 1.29 is 19.4 Å². The van der Waals surface area contributed by atoms with Crippen LogP contribution in [-0.2, 0) is 14.3 Å². The van der Waals surface area contributed by atoms with Gasteiger partial charge in [0, 0.05) is 13.1 Å². The highest BCUT2D eigenvalue weighted by Gasteiger charge is 2.23. The Kier molecular flexibility index (Phi) is 3.88. The molecule has 0 aromatic heterocycles. The van der Waals surface area contributed by atoms with E-state index in [1.54, 1.807) is 11.8 Å². The van der Waals surface area contributed by atoms with Crippen molar-refractivity contribution in [2.45, 2.75) is 25.9 Å². The molecule has 80 valence electrons. The number of carboxylic acids is 1. The van der Waals surface area contributed by atoms with E-state index in [1.807, 2.05) is 0 Å². The zero-order chi connectivity index (χ0) is 10.6. The zero-order valence-electron chi connectivity index (χ0n) is 8.23. The first-order valence-corrected chi connectivity index (χ1v) is 4.73. The van der Waals surface area contributed by atoms with Gasteiger partial charge in [-0.3, -0.25) is 4.79 Å². The summed E-state index contributed by atoms with van der Waals surface area (Å²) in [5, 5.41) is 8.36. The summed E-state index contributed by atoms with van der Waals surface area (Å²) in [6.07, 6.45) is 1.40. The third kappa shape index (κ3) is 2.99. The first-order valence-electron chi connectivity index (χ1n) is 4.73. The average molecular weight is 201 g/mol. The number of amides is 1. The molecule has 1 amide bonds. The molecule has 0 aliphatic carbocycles. The van der Waals surface area contributed by atoms with Gasteiger partial charge in [0.25, 0.3) is 5.91 Å². The van der Waals surface area contributed by atoms with E-state index in [9.17, 15) is 9.59 Å². The van der Waals surface area contributed by atoms with Crippen LogP contribution in [-0.4, -0.2) is 47.7 Å². The topological polar surface area (TPSA) is 66.8 Å². The molecule has 1 heterocycles. The third-order valence-electron chi connectivity index (χ3n) is 2.22. The van der Waals surface area contributed by atoms with Crippen LogP contribution in [0.3, 0.4) is 0 Å². The molecule has 5 heteroatoms. The molecule has 0 saturated carbocycles. The first-order chi connectivity index (χ1) is 6.61. The molecule has 1 rings (SSSR count). The number of hydrogen-bond acceptors (Lipinski definition) is 3. The van der Waals surface area contributed by atoms with Crippen molar-refractivity contribution in [1.29, 1.82) is 0 Å². The third-order valence-corrected chi connectivity index (χ3v) is 2.22. The van der Waals surface area contributed by atoms with Gasteiger partial charge in [-0.25, -0.2) is 4.79 Å². The summed E-state index contributed by atoms with van der Waals surface area (Å²) in [5.74, 6) is -1.16. The van der Waals surface area contributed by atoms with E-state index in [2.05, 4.69) is 0 Å². The molecule has 1 saturated heterocycles. The minimum atomic E-state index is -1.05. The maximum absolute atomic E-state index is 11.6. The lowest BCUT2D eigenvalue weighted by Gasteiger charge is -2.19. The maximum Gasteiger partial charge on any atom is 0.329 e. The molecule has 5 nitrogen and oxygen atoms in total. The number of nitrogens with zero attached hydrogens (tertiary/aromatic N) is 1. The van der Waals surface area contributed by atoms with Crippen molar-refractivity contribution in [3.8, 4) is 0 Å². The van der Waals surface area contributed by atoms with Gasteiger partial charge in [0.2, 0.25) is 0 Å². The van der Waals surface area contributed by atoms with Crippen molar-refractivity contribution in [2.75, 3.05) is 19.7 Å². The Morgan fingerprint density at radius 3 is 2.50 bits per heavy atom. The van der Waals surface area contributed by atoms with Gasteiger partial charge < -0.3 is 14.7 Å². The van der Waals surface area contributed by atoms with Crippen LogP contribution >= 0.6 is 0 Å². The van der Waals surface area contributed by atoms with Crippen LogP contribution in [0, 0.1) is 0 Å².